The van der Waals surface area contributed by atoms with Gasteiger partial charge in [0.05, 0.1) is 5.69 Å². The summed E-state index contributed by atoms with van der Waals surface area (Å²) in [6, 6.07) is 8.06. The molecule has 40 heavy (non-hydrogen) atoms. The summed E-state index contributed by atoms with van der Waals surface area (Å²) in [5.74, 6) is -0.826. The van der Waals surface area contributed by atoms with Gasteiger partial charge in [-0.2, -0.15) is 0 Å². The lowest BCUT2D eigenvalue weighted by molar-refractivity contribution is -0.132. The van der Waals surface area contributed by atoms with E-state index in [0.717, 1.165) is 22.4 Å². The lowest BCUT2D eigenvalue weighted by Gasteiger charge is -2.29. The second-order valence-corrected chi connectivity index (χ2v) is 12.4. The predicted octanol–water partition coefficient (Wildman–Crippen LogP) is 2.70. The number of H-pyrrole nitrogens is 1. The molecule has 12 heteroatoms. The van der Waals surface area contributed by atoms with Crippen molar-refractivity contribution >= 4 is 47.4 Å². The average Bonchev–Trinajstić information content (AvgIpc) is 3.46. The normalized spacial score (nSPS) is 18.6. The van der Waals surface area contributed by atoms with Crippen LogP contribution in [0.5, 0.6) is 0 Å². The third kappa shape index (κ3) is 4.85. The Bertz CT molecular complexity index is 1620. The van der Waals surface area contributed by atoms with Gasteiger partial charge in [0.25, 0.3) is 11.4 Å². The van der Waals surface area contributed by atoms with Gasteiger partial charge < -0.3 is 25.0 Å². The summed E-state index contributed by atoms with van der Waals surface area (Å²) in [5.41, 5.74) is 2.95. The monoisotopic (exact) mass is 566 g/mol. The van der Waals surface area contributed by atoms with Gasteiger partial charge in [-0.25, -0.2) is 0 Å². The SMILES string of the molecule is CC(C)c1cc2c3c(c1)C[C@@H](C(=O)N(C)C)N3C(=O)[C@@H](NC(=O)c1cc3cc(C(=O)P(=O)(O)O)ccc3[nH]1)CC2. The Morgan fingerprint density at radius 3 is 2.45 bits per heavy atom. The molecule has 210 valence electrons. The van der Waals surface area contributed by atoms with Crippen LogP contribution in [0.1, 0.15) is 63.7 Å². The van der Waals surface area contributed by atoms with Gasteiger partial charge in [-0.05, 0) is 59.7 Å². The first-order valence-corrected chi connectivity index (χ1v) is 14.6. The van der Waals surface area contributed by atoms with Gasteiger partial charge in [-0.15, -0.1) is 0 Å². The minimum absolute atomic E-state index is 0.121. The fourth-order valence-corrected chi connectivity index (χ4v) is 5.98. The van der Waals surface area contributed by atoms with E-state index in [-0.39, 0.29) is 29.0 Å². The van der Waals surface area contributed by atoms with Crippen LogP contribution in [0.3, 0.4) is 0 Å². The second-order valence-electron chi connectivity index (χ2n) is 10.9. The van der Waals surface area contributed by atoms with Crippen molar-refractivity contribution in [2.45, 2.75) is 51.1 Å². The lowest BCUT2D eigenvalue weighted by Crippen LogP contribution is -2.54. The lowest BCUT2D eigenvalue weighted by atomic mass is 9.93. The number of nitrogens with zero attached hydrogens (tertiary/aromatic N) is 2. The molecule has 3 heterocycles. The Balaban J connectivity index is 1.45. The van der Waals surface area contributed by atoms with Gasteiger partial charge in [0.2, 0.25) is 11.8 Å². The first-order chi connectivity index (χ1) is 18.8. The average molecular weight is 567 g/mol. The summed E-state index contributed by atoms with van der Waals surface area (Å²) < 4.78 is 11.4. The van der Waals surface area contributed by atoms with Gasteiger partial charge in [0.15, 0.2) is 0 Å². The number of rotatable bonds is 6. The highest BCUT2D eigenvalue weighted by molar-refractivity contribution is 7.70. The Kier molecular flexibility index (Phi) is 6.94. The van der Waals surface area contributed by atoms with Crippen molar-refractivity contribution in [2.24, 2.45) is 0 Å². The van der Waals surface area contributed by atoms with Crippen LogP contribution < -0.4 is 10.2 Å². The fourth-order valence-electron chi connectivity index (χ4n) is 5.51. The number of aromatic amines is 1. The molecular weight excluding hydrogens is 535 g/mol. The molecule has 5 rings (SSSR count). The van der Waals surface area contributed by atoms with Crippen molar-refractivity contribution in [2.75, 3.05) is 19.0 Å². The Morgan fingerprint density at radius 1 is 1.10 bits per heavy atom. The van der Waals surface area contributed by atoms with E-state index in [1.807, 2.05) is 0 Å². The predicted molar refractivity (Wildman–Crippen MR) is 148 cm³/mol. The van der Waals surface area contributed by atoms with Crippen LogP contribution in [0.25, 0.3) is 10.9 Å². The van der Waals surface area contributed by atoms with Crippen LogP contribution in [0.2, 0.25) is 0 Å². The van der Waals surface area contributed by atoms with E-state index in [4.69, 9.17) is 0 Å². The van der Waals surface area contributed by atoms with Crippen LogP contribution in [0, 0.1) is 0 Å². The van der Waals surface area contributed by atoms with Crippen molar-refractivity contribution in [3.8, 4) is 0 Å². The van der Waals surface area contributed by atoms with Crippen molar-refractivity contribution in [3.05, 3.63) is 64.3 Å². The Hall–Kier alpha value is -3.79. The van der Waals surface area contributed by atoms with Gasteiger partial charge in [0, 0.05) is 37.0 Å². The summed E-state index contributed by atoms with van der Waals surface area (Å²) in [7, 11) is -1.65. The van der Waals surface area contributed by atoms with E-state index < -0.39 is 31.1 Å². The minimum Gasteiger partial charge on any atom is -0.351 e. The van der Waals surface area contributed by atoms with Crippen LogP contribution in [-0.4, -0.2) is 69.1 Å². The first-order valence-electron chi connectivity index (χ1n) is 13.0. The molecule has 0 saturated carbocycles. The number of carbonyl (C=O) groups excluding carboxylic acids is 4. The molecular formula is C28H31N4O7P. The zero-order valence-corrected chi connectivity index (χ0v) is 23.5. The molecule has 4 N–H and O–H groups in total. The zero-order valence-electron chi connectivity index (χ0n) is 22.6. The van der Waals surface area contributed by atoms with Gasteiger partial charge in [-0.3, -0.25) is 28.6 Å². The molecule has 3 aromatic rings. The van der Waals surface area contributed by atoms with E-state index in [9.17, 15) is 33.5 Å². The van der Waals surface area contributed by atoms with E-state index in [1.165, 1.54) is 29.2 Å². The summed E-state index contributed by atoms with van der Waals surface area (Å²) >= 11 is 0. The molecule has 0 aliphatic carbocycles. The number of hydrogen-bond donors (Lipinski definition) is 4. The third-order valence-corrected chi connectivity index (χ3v) is 8.36. The number of anilines is 1. The molecule has 0 fully saturated rings. The van der Waals surface area contributed by atoms with Gasteiger partial charge in [0.1, 0.15) is 17.8 Å². The third-order valence-electron chi connectivity index (χ3n) is 7.57. The molecule has 2 aliphatic heterocycles. The maximum absolute atomic E-state index is 13.9. The largest absolute Gasteiger partial charge is 0.396 e. The molecule has 3 amide bonds. The number of carbonyl (C=O) groups is 4. The second kappa shape index (κ2) is 9.99. The maximum atomic E-state index is 13.9. The van der Waals surface area contributed by atoms with E-state index in [2.05, 4.69) is 36.3 Å². The number of amides is 3. The maximum Gasteiger partial charge on any atom is 0.396 e. The molecule has 2 atom stereocenters. The summed E-state index contributed by atoms with van der Waals surface area (Å²) in [6.07, 6.45) is 1.29. The number of aromatic nitrogens is 1. The number of nitrogens with one attached hydrogen (secondary N) is 2. The summed E-state index contributed by atoms with van der Waals surface area (Å²) in [4.78, 5) is 76.7. The fraction of sp³-hybridized carbons (Fsp3) is 0.357. The molecule has 0 radical (unpaired) electrons. The highest BCUT2D eigenvalue weighted by atomic mass is 31.2. The van der Waals surface area contributed by atoms with Crippen LogP contribution in [0.15, 0.2) is 36.4 Å². The van der Waals surface area contributed by atoms with E-state index in [0.29, 0.717) is 30.2 Å². The smallest absolute Gasteiger partial charge is 0.351 e. The minimum atomic E-state index is -4.96. The molecule has 11 nitrogen and oxygen atoms in total. The summed E-state index contributed by atoms with van der Waals surface area (Å²) in [5, 5.41) is 3.23. The topological polar surface area (TPSA) is 160 Å². The van der Waals surface area contributed by atoms with Crippen molar-refractivity contribution in [3.63, 3.8) is 0 Å². The van der Waals surface area contributed by atoms with Crippen molar-refractivity contribution < 1.29 is 33.5 Å². The van der Waals surface area contributed by atoms with Gasteiger partial charge in [-0.1, -0.05) is 26.0 Å². The zero-order chi connectivity index (χ0) is 29.1. The number of hydrogen-bond acceptors (Lipinski definition) is 5. The highest BCUT2D eigenvalue weighted by Gasteiger charge is 2.45. The molecule has 0 spiro atoms. The molecule has 2 aliphatic rings. The number of benzene rings is 2. The van der Waals surface area contributed by atoms with E-state index in [1.54, 1.807) is 19.0 Å². The Morgan fingerprint density at radius 2 is 1.80 bits per heavy atom. The number of likely N-dealkylation sites (N-methyl/N-ethyl adjacent to an activating group) is 1. The molecule has 0 saturated heterocycles. The van der Waals surface area contributed by atoms with Crippen molar-refractivity contribution in [1.29, 1.82) is 0 Å². The molecule has 2 aromatic carbocycles. The highest BCUT2D eigenvalue weighted by Crippen LogP contribution is 2.42. The van der Waals surface area contributed by atoms with Gasteiger partial charge >= 0.3 is 7.60 Å². The number of fused-ring (bicyclic) bond motifs is 1. The molecule has 1 aromatic heterocycles. The first kappa shape index (κ1) is 27.8. The standard InChI is InChI=1S/C28H31N4O7P/c1-14(2)17-9-15-5-8-21(26(34)32-23(27(35)31(3)4)13-19(11-17)24(15)32)30-25(33)22-12-18-10-16(6-7-20(18)29-22)28(36)40(37,38)39/h6-7,9-12,14,21,23,29H,5,8,13H2,1-4H3,(H,30,33)(H2,37,38,39)/t21-,23-/m0/s1. The quantitative estimate of drug-likeness (QED) is 0.334. The van der Waals surface area contributed by atoms with E-state index >= 15 is 0 Å². The van der Waals surface area contributed by atoms with Crippen LogP contribution in [0.4, 0.5) is 5.69 Å². The van der Waals surface area contributed by atoms with Crippen LogP contribution >= 0.6 is 7.60 Å². The summed E-state index contributed by atoms with van der Waals surface area (Å²) in [6.45, 7) is 4.19. The van der Waals surface area contributed by atoms with Crippen molar-refractivity contribution in [1.82, 2.24) is 15.2 Å². The number of aryl methyl sites for hydroxylation is 1. The molecule has 0 bridgehead atoms. The Labute approximate surface area is 230 Å². The molecule has 0 unspecified atom stereocenters. The van der Waals surface area contributed by atoms with Crippen LogP contribution in [-0.2, 0) is 27.0 Å².